The molecule has 2 aromatic rings. The molecule has 1 fully saturated rings. The summed E-state index contributed by atoms with van der Waals surface area (Å²) in [5, 5.41) is 0. The summed E-state index contributed by atoms with van der Waals surface area (Å²) in [6.07, 6.45) is 4.77. The highest BCUT2D eigenvalue weighted by molar-refractivity contribution is 5.46. The van der Waals surface area contributed by atoms with E-state index in [9.17, 15) is 0 Å². The molecule has 3 heteroatoms. The molecule has 1 saturated heterocycles. The first-order valence-electron chi connectivity index (χ1n) is 9.96. The maximum atomic E-state index is 5.29. The lowest BCUT2D eigenvalue weighted by molar-refractivity contribution is 0.178. The zero-order valence-electron chi connectivity index (χ0n) is 16.9. The number of ether oxygens (including phenoxy) is 1. The molecule has 1 aliphatic heterocycles. The molecule has 1 heterocycles. The van der Waals surface area contributed by atoms with E-state index in [1.807, 2.05) is 0 Å². The number of benzene rings is 2. The van der Waals surface area contributed by atoms with Gasteiger partial charge in [-0.1, -0.05) is 42.0 Å². The maximum absolute atomic E-state index is 5.29. The fourth-order valence-electron chi connectivity index (χ4n) is 3.74. The molecule has 0 saturated carbocycles. The lowest BCUT2D eigenvalue weighted by Gasteiger charge is -2.39. The number of anilines is 1. The smallest absolute Gasteiger partial charge is 0.118 e. The Morgan fingerprint density at radius 3 is 2.30 bits per heavy atom. The molecular formula is C24H32N2O. The third-order valence-corrected chi connectivity index (χ3v) is 5.38. The highest BCUT2D eigenvalue weighted by Gasteiger charge is 2.24. The largest absolute Gasteiger partial charge is 0.497 e. The normalized spacial score (nSPS) is 15.0. The summed E-state index contributed by atoms with van der Waals surface area (Å²) in [5.74, 6) is 0.922. The third-order valence-electron chi connectivity index (χ3n) is 5.38. The van der Waals surface area contributed by atoms with Crippen LogP contribution >= 0.6 is 0 Å². The summed E-state index contributed by atoms with van der Waals surface area (Å²) in [7, 11) is 1.72. The van der Waals surface area contributed by atoms with Gasteiger partial charge in [-0.3, -0.25) is 4.90 Å². The monoisotopic (exact) mass is 364 g/mol. The standard InChI is InChI=1S/C24H32N2O/c1-20(2)13-16-26(19-21-9-11-24(27-3)12-10-21)23-14-17-25(18-15-23)22-7-5-4-6-8-22/h4-13,23H,14-19H2,1-3H3. The van der Waals surface area contributed by atoms with Crippen LogP contribution in [0.1, 0.15) is 32.3 Å². The maximum Gasteiger partial charge on any atom is 0.118 e. The second kappa shape index (κ2) is 9.61. The van der Waals surface area contributed by atoms with E-state index in [-0.39, 0.29) is 0 Å². The predicted octanol–water partition coefficient (Wildman–Crippen LogP) is 5.13. The highest BCUT2D eigenvalue weighted by atomic mass is 16.5. The molecule has 0 aromatic heterocycles. The number of methoxy groups -OCH3 is 1. The van der Waals surface area contributed by atoms with Gasteiger partial charge in [-0.15, -0.1) is 0 Å². The number of nitrogens with zero attached hydrogens (tertiary/aromatic N) is 2. The molecular weight excluding hydrogens is 332 g/mol. The van der Waals surface area contributed by atoms with Gasteiger partial charge in [0, 0.05) is 37.9 Å². The van der Waals surface area contributed by atoms with Crippen molar-refractivity contribution in [3.05, 3.63) is 71.8 Å². The molecule has 0 unspecified atom stereocenters. The van der Waals surface area contributed by atoms with Gasteiger partial charge in [-0.05, 0) is 56.5 Å². The van der Waals surface area contributed by atoms with Crippen LogP contribution < -0.4 is 9.64 Å². The van der Waals surface area contributed by atoms with Gasteiger partial charge in [0.2, 0.25) is 0 Å². The van der Waals surface area contributed by atoms with E-state index in [1.165, 1.54) is 29.7 Å². The number of hydrogen-bond donors (Lipinski definition) is 0. The SMILES string of the molecule is COc1ccc(CN(CC=C(C)C)C2CCN(c3ccccc3)CC2)cc1. The van der Waals surface area contributed by atoms with Crippen LogP contribution in [0.2, 0.25) is 0 Å². The Hall–Kier alpha value is -2.26. The van der Waals surface area contributed by atoms with E-state index in [1.54, 1.807) is 7.11 Å². The fourth-order valence-corrected chi connectivity index (χ4v) is 3.74. The minimum absolute atomic E-state index is 0.627. The van der Waals surface area contributed by atoms with Crippen LogP contribution in [0.3, 0.4) is 0 Å². The van der Waals surface area contributed by atoms with Gasteiger partial charge in [-0.2, -0.15) is 0 Å². The average Bonchev–Trinajstić information content (AvgIpc) is 2.72. The van der Waals surface area contributed by atoms with Crippen molar-refractivity contribution in [2.24, 2.45) is 0 Å². The molecule has 3 nitrogen and oxygen atoms in total. The number of hydrogen-bond acceptors (Lipinski definition) is 3. The summed E-state index contributed by atoms with van der Waals surface area (Å²) in [6.45, 7) is 8.63. The van der Waals surface area contributed by atoms with Gasteiger partial charge in [0.25, 0.3) is 0 Å². The molecule has 0 N–H and O–H groups in total. The summed E-state index contributed by atoms with van der Waals surface area (Å²) in [5.41, 5.74) is 4.09. The molecule has 0 spiro atoms. The Morgan fingerprint density at radius 1 is 1.04 bits per heavy atom. The quantitative estimate of drug-likeness (QED) is 0.633. The topological polar surface area (TPSA) is 15.7 Å². The molecule has 0 bridgehead atoms. The van der Waals surface area contributed by atoms with Crippen molar-refractivity contribution in [3.63, 3.8) is 0 Å². The van der Waals surface area contributed by atoms with Crippen LogP contribution in [0, 0.1) is 0 Å². The average molecular weight is 365 g/mol. The summed E-state index contributed by atoms with van der Waals surface area (Å²) in [4.78, 5) is 5.15. The van der Waals surface area contributed by atoms with Crippen LogP contribution in [-0.2, 0) is 6.54 Å². The predicted molar refractivity (Wildman–Crippen MR) is 115 cm³/mol. The number of rotatable bonds is 7. The minimum Gasteiger partial charge on any atom is -0.497 e. The number of piperidine rings is 1. The lowest BCUT2D eigenvalue weighted by Crippen LogP contribution is -2.44. The highest BCUT2D eigenvalue weighted by Crippen LogP contribution is 2.24. The minimum atomic E-state index is 0.627. The summed E-state index contributed by atoms with van der Waals surface area (Å²) < 4.78 is 5.29. The first-order valence-corrected chi connectivity index (χ1v) is 9.96. The van der Waals surface area contributed by atoms with E-state index in [0.717, 1.165) is 31.9 Å². The van der Waals surface area contributed by atoms with E-state index in [2.05, 4.69) is 84.3 Å². The first kappa shape index (κ1) is 19.5. The zero-order valence-corrected chi connectivity index (χ0v) is 16.9. The van der Waals surface area contributed by atoms with Crippen molar-refractivity contribution in [1.29, 1.82) is 0 Å². The van der Waals surface area contributed by atoms with Crippen molar-refractivity contribution >= 4 is 5.69 Å². The molecule has 27 heavy (non-hydrogen) atoms. The zero-order chi connectivity index (χ0) is 19.1. The summed E-state index contributed by atoms with van der Waals surface area (Å²) >= 11 is 0. The first-order chi connectivity index (χ1) is 13.2. The van der Waals surface area contributed by atoms with Crippen molar-refractivity contribution < 1.29 is 4.74 Å². The molecule has 0 amide bonds. The van der Waals surface area contributed by atoms with Crippen LogP contribution in [0.25, 0.3) is 0 Å². The Kier molecular flexibility index (Phi) is 6.94. The molecule has 0 radical (unpaired) electrons. The number of para-hydroxylation sites is 1. The van der Waals surface area contributed by atoms with Crippen LogP contribution in [-0.4, -0.2) is 37.7 Å². The Bertz CT molecular complexity index is 712. The van der Waals surface area contributed by atoms with E-state index >= 15 is 0 Å². The van der Waals surface area contributed by atoms with Crippen LogP contribution in [0.5, 0.6) is 5.75 Å². The van der Waals surface area contributed by atoms with Gasteiger partial charge >= 0.3 is 0 Å². The van der Waals surface area contributed by atoms with E-state index < -0.39 is 0 Å². The van der Waals surface area contributed by atoms with E-state index in [4.69, 9.17) is 4.74 Å². The van der Waals surface area contributed by atoms with Crippen LogP contribution in [0.4, 0.5) is 5.69 Å². The molecule has 144 valence electrons. The molecule has 0 aliphatic carbocycles. The molecule has 0 atom stereocenters. The van der Waals surface area contributed by atoms with Gasteiger partial charge in [-0.25, -0.2) is 0 Å². The lowest BCUT2D eigenvalue weighted by atomic mass is 10.0. The van der Waals surface area contributed by atoms with Gasteiger partial charge in [0.15, 0.2) is 0 Å². The second-order valence-electron chi connectivity index (χ2n) is 7.61. The Morgan fingerprint density at radius 2 is 1.70 bits per heavy atom. The second-order valence-corrected chi connectivity index (χ2v) is 7.61. The Labute approximate surface area is 164 Å². The molecule has 3 rings (SSSR count). The van der Waals surface area contributed by atoms with Crippen LogP contribution in [0.15, 0.2) is 66.2 Å². The van der Waals surface area contributed by atoms with Gasteiger partial charge < -0.3 is 9.64 Å². The van der Waals surface area contributed by atoms with Crippen molar-refractivity contribution in [1.82, 2.24) is 4.90 Å². The van der Waals surface area contributed by atoms with Gasteiger partial charge in [0.1, 0.15) is 5.75 Å². The van der Waals surface area contributed by atoms with E-state index in [0.29, 0.717) is 6.04 Å². The molecule has 1 aliphatic rings. The Balaban J connectivity index is 1.65. The molecule has 2 aromatic carbocycles. The van der Waals surface area contributed by atoms with Crippen molar-refractivity contribution in [2.45, 2.75) is 39.3 Å². The summed E-state index contributed by atoms with van der Waals surface area (Å²) in [6, 6.07) is 19.9. The fraction of sp³-hybridized carbons (Fsp3) is 0.417. The van der Waals surface area contributed by atoms with Crippen molar-refractivity contribution in [2.75, 3.05) is 31.6 Å². The third kappa shape index (κ3) is 5.61. The number of allylic oxidation sites excluding steroid dienone is 1. The van der Waals surface area contributed by atoms with Crippen molar-refractivity contribution in [3.8, 4) is 5.75 Å². The van der Waals surface area contributed by atoms with Gasteiger partial charge in [0.05, 0.1) is 7.11 Å².